The van der Waals surface area contributed by atoms with E-state index in [1.54, 1.807) is 0 Å². The van der Waals surface area contributed by atoms with Crippen LogP contribution < -0.4 is 10.3 Å². The highest BCUT2D eigenvalue weighted by Gasteiger charge is 2.34. The molecule has 30 heavy (non-hydrogen) atoms. The number of carbonyl (C=O) groups is 1. The first kappa shape index (κ1) is 21.7. The Kier molecular flexibility index (Phi) is 6.05. The number of benzene rings is 2. The summed E-state index contributed by atoms with van der Waals surface area (Å²) >= 11 is 5.69. The van der Waals surface area contributed by atoms with E-state index < -0.39 is 34.2 Å². The van der Waals surface area contributed by atoms with Gasteiger partial charge in [0.05, 0.1) is 10.5 Å². The summed E-state index contributed by atoms with van der Waals surface area (Å²) in [7, 11) is -4.06. The molecule has 0 radical (unpaired) electrons. The fourth-order valence-corrected chi connectivity index (χ4v) is 3.29. The van der Waals surface area contributed by atoms with Crippen molar-refractivity contribution in [3.05, 3.63) is 59.1 Å². The minimum atomic E-state index is -4.63. The Morgan fingerprint density at radius 2 is 1.77 bits per heavy atom. The molecule has 3 aromatic rings. The van der Waals surface area contributed by atoms with Gasteiger partial charge in [-0.1, -0.05) is 29.8 Å². The van der Waals surface area contributed by atoms with Gasteiger partial charge < -0.3 is 0 Å². The summed E-state index contributed by atoms with van der Waals surface area (Å²) in [6.07, 6.45) is -4.63. The van der Waals surface area contributed by atoms with Gasteiger partial charge in [0.2, 0.25) is 5.82 Å². The van der Waals surface area contributed by atoms with E-state index in [0.717, 1.165) is 10.9 Å². The van der Waals surface area contributed by atoms with Gasteiger partial charge in [0, 0.05) is 10.6 Å². The normalized spacial score (nSPS) is 12.0. The number of nitrogens with zero attached hydrogens (tertiary/aromatic N) is 4. The third-order valence-electron chi connectivity index (χ3n) is 3.66. The van der Waals surface area contributed by atoms with Crippen LogP contribution in [-0.4, -0.2) is 34.5 Å². The fourth-order valence-electron chi connectivity index (χ4n) is 2.31. The number of hydrazine groups is 1. The van der Waals surface area contributed by atoms with Crippen LogP contribution >= 0.6 is 11.6 Å². The molecule has 0 aliphatic rings. The molecule has 0 aliphatic heterocycles. The van der Waals surface area contributed by atoms with Gasteiger partial charge in [0.15, 0.2) is 0 Å². The highest BCUT2D eigenvalue weighted by molar-refractivity contribution is 7.89. The highest BCUT2D eigenvalue weighted by atomic mass is 35.5. The summed E-state index contributed by atoms with van der Waals surface area (Å²) in [6.45, 7) is -0.593. The monoisotopic (exact) mass is 460 g/mol. The van der Waals surface area contributed by atoms with E-state index in [2.05, 4.69) is 15.4 Å². The van der Waals surface area contributed by atoms with E-state index in [-0.39, 0.29) is 16.3 Å². The minimum absolute atomic E-state index is 0.142. The largest absolute Gasteiger partial charge is 0.417 e. The van der Waals surface area contributed by atoms with Crippen molar-refractivity contribution in [3.8, 4) is 11.4 Å². The van der Waals surface area contributed by atoms with Crippen LogP contribution in [0.3, 0.4) is 0 Å². The fraction of sp³-hybridized carbons (Fsp3) is 0.125. The first-order chi connectivity index (χ1) is 14.1. The Morgan fingerprint density at radius 1 is 1.10 bits per heavy atom. The van der Waals surface area contributed by atoms with E-state index in [0.29, 0.717) is 5.02 Å². The van der Waals surface area contributed by atoms with Crippen molar-refractivity contribution < 1.29 is 26.4 Å². The van der Waals surface area contributed by atoms with Crippen molar-refractivity contribution in [1.82, 2.24) is 30.5 Å². The molecule has 1 amide bonds. The number of nitrogens with one attached hydrogen (secondary N) is 2. The van der Waals surface area contributed by atoms with Crippen LogP contribution in [0.1, 0.15) is 5.56 Å². The van der Waals surface area contributed by atoms with Crippen LogP contribution in [0.15, 0.2) is 53.4 Å². The summed E-state index contributed by atoms with van der Waals surface area (Å²) in [5, 5.41) is 11.1. The molecule has 1 heterocycles. The molecule has 2 aromatic carbocycles. The molecule has 9 nitrogen and oxygen atoms in total. The van der Waals surface area contributed by atoms with Crippen molar-refractivity contribution in [1.29, 1.82) is 0 Å². The lowest BCUT2D eigenvalue weighted by Gasteiger charge is -2.09. The standard InChI is InChI=1S/C16H12ClF3N6O3S/c17-10-5-7-11(8-6-10)30(28,29)25-21-14(27)9-26-23-15(22-24-26)12-3-1-2-4-13(12)16(18,19)20/h1-8,25H,9H2,(H,21,27). The molecule has 0 aliphatic carbocycles. The number of aromatic nitrogens is 4. The van der Waals surface area contributed by atoms with E-state index in [4.69, 9.17) is 11.6 Å². The Morgan fingerprint density at radius 3 is 2.43 bits per heavy atom. The Labute approximate surface area is 172 Å². The van der Waals surface area contributed by atoms with Crippen LogP contribution in [-0.2, 0) is 27.5 Å². The average Bonchev–Trinajstić information content (AvgIpc) is 3.14. The summed E-state index contributed by atoms with van der Waals surface area (Å²) < 4.78 is 63.5. The predicted molar refractivity (Wildman–Crippen MR) is 98.2 cm³/mol. The van der Waals surface area contributed by atoms with Gasteiger partial charge in [0.1, 0.15) is 6.54 Å². The van der Waals surface area contributed by atoms with E-state index >= 15 is 0 Å². The molecule has 2 N–H and O–H groups in total. The lowest BCUT2D eigenvalue weighted by atomic mass is 10.1. The Hall–Kier alpha value is -3.03. The number of tetrazole rings is 1. The van der Waals surface area contributed by atoms with Gasteiger partial charge in [-0.25, -0.2) is 8.42 Å². The summed E-state index contributed by atoms with van der Waals surface area (Å²) in [4.78, 5) is 14.4. The zero-order valence-corrected chi connectivity index (χ0v) is 16.3. The average molecular weight is 461 g/mol. The predicted octanol–water partition coefficient (Wildman–Crippen LogP) is 2.02. The van der Waals surface area contributed by atoms with Gasteiger partial charge in [0.25, 0.3) is 15.9 Å². The van der Waals surface area contributed by atoms with E-state index in [1.807, 2.05) is 10.3 Å². The van der Waals surface area contributed by atoms with Crippen LogP contribution in [0.25, 0.3) is 11.4 Å². The Balaban J connectivity index is 1.67. The van der Waals surface area contributed by atoms with Crippen molar-refractivity contribution in [3.63, 3.8) is 0 Å². The zero-order valence-electron chi connectivity index (χ0n) is 14.8. The van der Waals surface area contributed by atoms with Crippen molar-refractivity contribution >= 4 is 27.5 Å². The number of hydrogen-bond acceptors (Lipinski definition) is 6. The summed E-state index contributed by atoms with van der Waals surface area (Å²) in [5.74, 6) is -1.21. The van der Waals surface area contributed by atoms with Gasteiger partial charge in [-0.2, -0.15) is 18.0 Å². The minimum Gasteiger partial charge on any atom is -0.276 e. The number of alkyl halides is 3. The second-order valence-corrected chi connectivity index (χ2v) is 7.91. The van der Waals surface area contributed by atoms with Crippen LogP contribution in [0.4, 0.5) is 13.2 Å². The van der Waals surface area contributed by atoms with Gasteiger partial charge >= 0.3 is 6.18 Å². The molecule has 0 bridgehead atoms. The molecule has 0 spiro atoms. The summed E-state index contributed by atoms with van der Waals surface area (Å²) in [6, 6.07) is 9.83. The molecule has 158 valence electrons. The molecular formula is C16H12ClF3N6O3S. The second kappa shape index (κ2) is 8.38. The molecule has 0 atom stereocenters. The number of hydrogen-bond donors (Lipinski definition) is 2. The molecule has 0 saturated heterocycles. The maximum Gasteiger partial charge on any atom is 0.417 e. The molecule has 1 aromatic heterocycles. The molecule has 0 unspecified atom stereocenters. The number of carbonyl (C=O) groups excluding carboxylic acids is 1. The van der Waals surface area contributed by atoms with Crippen molar-refractivity contribution in [2.24, 2.45) is 0 Å². The highest BCUT2D eigenvalue weighted by Crippen LogP contribution is 2.35. The second-order valence-electron chi connectivity index (χ2n) is 5.79. The van der Waals surface area contributed by atoms with Gasteiger partial charge in [-0.3, -0.25) is 10.2 Å². The van der Waals surface area contributed by atoms with Crippen LogP contribution in [0.5, 0.6) is 0 Å². The first-order valence-corrected chi connectivity index (χ1v) is 9.93. The maximum atomic E-state index is 13.1. The SMILES string of the molecule is O=C(Cn1nnc(-c2ccccc2C(F)(F)F)n1)NNS(=O)(=O)c1ccc(Cl)cc1. The summed E-state index contributed by atoms with van der Waals surface area (Å²) in [5.41, 5.74) is 0.691. The smallest absolute Gasteiger partial charge is 0.276 e. The number of rotatable bonds is 6. The van der Waals surface area contributed by atoms with Gasteiger partial charge in [-0.15, -0.1) is 15.0 Å². The van der Waals surface area contributed by atoms with Crippen LogP contribution in [0, 0.1) is 0 Å². The lowest BCUT2D eigenvalue weighted by molar-refractivity contribution is -0.137. The molecule has 3 rings (SSSR count). The number of sulfonamides is 1. The topological polar surface area (TPSA) is 119 Å². The quantitative estimate of drug-likeness (QED) is 0.543. The molecular weight excluding hydrogens is 449 g/mol. The first-order valence-electron chi connectivity index (χ1n) is 8.07. The third-order valence-corrected chi connectivity index (χ3v) is 5.18. The third kappa shape index (κ3) is 5.11. The zero-order chi connectivity index (χ0) is 21.9. The van der Waals surface area contributed by atoms with E-state index in [1.165, 1.54) is 42.5 Å². The van der Waals surface area contributed by atoms with E-state index in [9.17, 15) is 26.4 Å². The lowest BCUT2D eigenvalue weighted by Crippen LogP contribution is -2.43. The Bertz CT molecular complexity index is 1170. The van der Waals surface area contributed by atoms with Gasteiger partial charge in [-0.05, 0) is 35.5 Å². The van der Waals surface area contributed by atoms with Crippen molar-refractivity contribution in [2.75, 3.05) is 0 Å². The molecule has 14 heteroatoms. The number of halogens is 4. The number of amides is 1. The maximum absolute atomic E-state index is 13.1. The molecule has 0 saturated carbocycles. The van der Waals surface area contributed by atoms with Crippen LogP contribution in [0.2, 0.25) is 5.02 Å². The molecule has 0 fully saturated rings. The van der Waals surface area contributed by atoms with Crippen molar-refractivity contribution in [2.45, 2.75) is 17.6 Å².